The van der Waals surface area contributed by atoms with E-state index in [-0.39, 0.29) is 73.2 Å². The molecule has 1 unspecified atom stereocenters. The molecule has 2 radical (unpaired) electrons. The zero-order valence-corrected chi connectivity index (χ0v) is 18.1. The van der Waals surface area contributed by atoms with Crippen molar-refractivity contribution < 1.29 is 86.8 Å². The van der Waals surface area contributed by atoms with Gasteiger partial charge in [-0.1, -0.05) is 0 Å². The van der Waals surface area contributed by atoms with Crippen LogP contribution in [0, 0.1) is 13.6 Å². The van der Waals surface area contributed by atoms with Crippen molar-refractivity contribution in [3.63, 3.8) is 0 Å². The predicted molar refractivity (Wildman–Crippen MR) is 68.5 cm³/mol. The molecule has 0 heterocycles. The molecular weight excluding hydrogens is 549 g/mol. The third-order valence-corrected chi connectivity index (χ3v) is 0.689. The zero-order chi connectivity index (χ0) is 15.4. The molecule has 0 saturated carbocycles. The van der Waals surface area contributed by atoms with Crippen LogP contribution in [-0.4, -0.2) is 38.7 Å². The van der Waals surface area contributed by atoms with Gasteiger partial charge < -0.3 is 52.7 Å². The minimum absolute atomic E-state index is 0. The molecule has 12 heteroatoms. The van der Waals surface area contributed by atoms with Crippen LogP contribution in [0.4, 0.5) is 9.59 Å². The van der Waals surface area contributed by atoms with Crippen LogP contribution in [0.2, 0.25) is 0 Å². The average Bonchev–Trinajstić information content (AvgIpc) is 2.39. The Morgan fingerprint density at radius 2 is 1.24 bits per heavy atom. The van der Waals surface area contributed by atoms with Gasteiger partial charge in [0.25, 0.3) is 0 Å². The third kappa shape index (κ3) is 175. The minimum atomic E-state index is -0.995. The molecule has 0 bridgehead atoms. The van der Waals surface area contributed by atoms with Gasteiger partial charge in [0.15, 0.2) is 0 Å². The van der Waals surface area contributed by atoms with Crippen molar-refractivity contribution in [1.29, 1.82) is 0 Å². The predicted octanol–water partition coefficient (Wildman–Crippen LogP) is 2.45. The van der Waals surface area contributed by atoms with E-state index >= 15 is 0 Å². The zero-order valence-electron chi connectivity index (χ0n) is 11.4. The molecular formula is C9H15N2O6PV2W. The number of rotatable bonds is 2. The van der Waals surface area contributed by atoms with Crippen LogP contribution >= 0.6 is 8.58 Å². The van der Waals surface area contributed by atoms with Gasteiger partial charge in [-0.2, -0.15) is 0 Å². The van der Waals surface area contributed by atoms with Crippen molar-refractivity contribution in [1.82, 2.24) is 0 Å². The summed E-state index contributed by atoms with van der Waals surface area (Å²) < 4.78 is 7.56. The number of hydrogen-bond donors (Lipinski definition) is 0. The fourth-order valence-corrected chi connectivity index (χ4v) is 0. The van der Waals surface area contributed by atoms with Gasteiger partial charge >= 0.3 is 58.2 Å². The Morgan fingerprint density at radius 1 is 1.10 bits per heavy atom. The Hall–Kier alpha value is 0.167. The number of carbonyl (C=O) groups is 2. The van der Waals surface area contributed by atoms with Crippen LogP contribution in [-0.2, 0) is 77.2 Å². The second-order valence-corrected chi connectivity index (χ2v) is 2.21. The van der Waals surface area contributed by atoms with Crippen molar-refractivity contribution in [3.05, 3.63) is 25.1 Å². The van der Waals surface area contributed by atoms with Gasteiger partial charge in [0.2, 0.25) is 12.2 Å². The largest absolute Gasteiger partial charge is 2.00 e. The van der Waals surface area contributed by atoms with Crippen LogP contribution in [0.15, 0.2) is 0 Å². The summed E-state index contributed by atoms with van der Waals surface area (Å²) in [7, 11) is 2.41. The van der Waals surface area contributed by atoms with E-state index in [1.54, 1.807) is 12.3 Å². The molecule has 8 nitrogen and oxygen atoms in total. The second-order valence-electron chi connectivity index (χ2n) is 1.66. The molecule has 2 N–H and O–H groups in total. The van der Waals surface area contributed by atoms with E-state index < -0.39 is 12.2 Å². The van der Waals surface area contributed by atoms with Crippen molar-refractivity contribution >= 4 is 33.1 Å². The Morgan fingerprint density at radius 3 is 1.24 bits per heavy atom. The SMILES string of the molecule is COC([NH-])=O.COC([NH-])=O.[CH2-]C[C-]=O.[CH2-]P[C-]=O.[V+2].[V+2].[W+2]. The molecule has 0 spiro atoms. The molecule has 0 aromatic carbocycles. The van der Waals surface area contributed by atoms with E-state index in [1.807, 2.05) is 0 Å². The Kier molecular flexibility index (Phi) is 102. The molecule has 0 saturated heterocycles. The maximum Gasteiger partial charge on any atom is 2.00 e. The molecule has 0 aliphatic carbocycles. The van der Waals surface area contributed by atoms with Gasteiger partial charge in [0, 0.05) is 0 Å². The van der Waals surface area contributed by atoms with E-state index in [2.05, 4.69) is 23.1 Å². The first-order chi connectivity index (χ1) is 8.37. The number of methoxy groups -OCH3 is 2. The summed E-state index contributed by atoms with van der Waals surface area (Å²) >= 11 is 0. The van der Waals surface area contributed by atoms with Crippen LogP contribution in [0.25, 0.3) is 11.5 Å². The maximum absolute atomic E-state index is 9.26. The topological polar surface area (TPSA) is 134 Å². The Bertz CT molecular complexity index is 206. The van der Waals surface area contributed by atoms with Crippen molar-refractivity contribution in [2.45, 2.75) is 6.42 Å². The maximum atomic E-state index is 9.26. The average molecular weight is 564 g/mol. The van der Waals surface area contributed by atoms with Crippen LogP contribution in [0.5, 0.6) is 0 Å². The standard InChI is InChI=1S/C3H4O.2C2H5NO2.C2H3OP.2V.W/c1-2-3-4;2*1-5-2(3)4;1-4-2-3;;;/h1-2H2;2*1H3,(H2,3,4);4H,1H2;;;/q-2;;;-2;3*+2/p-2. The fraction of sp³-hybridized carbons (Fsp3) is 0.333. The quantitative estimate of drug-likeness (QED) is 0.374. The smallest absolute Gasteiger partial charge is 0.632 e. The van der Waals surface area contributed by atoms with Gasteiger partial charge in [-0.3, -0.25) is 28.3 Å². The molecule has 21 heavy (non-hydrogen) atoms. The summed E-state index contributed by atoms with van der Waals surface area (Å²) in [5.74, 6) is 0. The number of hydrogen-bond acceptors (Lipinski definition) is 6. The van der Waals surface area contributed by atoms with E-state index in [4.69, 9.17) is 21.1 Å². The van der Waals surface area contributed by atoms with E-state index in [0.29, 0.717) is 0 Å². The summed E-state index contributed by atoms with van der Waals surface area (Å²) in [5.41, 5.74) is 11.9. The summed E-state index contributed by atoms with van der Waals surface area (Å²) in [6.07, 6.45) is -0.157. The second kappa shape index (κ2) is 50.0. The molecule has 0 aliphatic rings. The first kappa shape index (κ1) is 42.9. The van der Waals surface area contributed by atoms with E-state index in [0.717, 1.165) is 14.2 Å². The number of carbonyl (C=O) groups excluding carboxylic acids is 4. The van der Waals surface area contributed by atoms with Gasteiger partial charge in [0.1, 0.15) is 0 Å². The molecule has 2 amide bonds. The summed E-state index contributed by atoms with van der Waals surface area (Å²) in [4.78, 5) is 36.5. The third-order valence-electron chi connectivity index (χ3n) is 0.545. The monoisotopic (exact) mass is 564 g/mol. The van der Waals surface area contributed by atoms with Crippen LogP contribution in [0.1, 0.15) is 6.42 Å². The summed E-state index contributed by atoms with van der Waals surface area (Å²) in [6, 6.07) is 1.60. The molecule has 118 valence electrons. The number of amides is 2. The Balaban J connectivity index is -0.0000000239. The first-order valence-corrected chi connectivity index (χ1v) is 5.21. The molecule has 0 fully saturated rings. The molecule has 0 rings (SSSR count). The van der Waals surface area contributed by atoms with Gasteiger partial charge in [-0.25, -0.2) is 0 Å². The van der Waals surface area contributed by atoms with Crippen molar-refractivity contribution in [2.75, 3.05) is 14.2 Å². The van der Waals surface area contributed by atoms with Gasteiger partial charge in [0.05, 0.1) is 14.2 Å². The van der Waals surface area contributed by atoms with E-state index in [9.17, 15) is 9.59 Å². The number of ether oxygens (including phenoxy) is 2. The summed E-state index contributed by atoms with van der Waals surface area (Å²) in [6.45, 7) is 6.39. The molecule has 1 atom stereocenters. The minimum Gasteiger partial charge on any atom is -0.632 e. The van der Waals surface area contributed by atoms with Crippen molar-refractivity contribution in [2.24, 2.45) is 0 Å². The number of nitrogens with one attached hydrogen (secondary N) is 2. The first-order valence-electron chi connectivity index (χ1n) is 4.00. The molecule has 0 aromatic heterocycles. The molecule has 0 aromatic rings. The fourth-order valence-electron chi connectivity index (χ4n) is 0. The van der Waals surface area contributed by atoms with Gasteiger partial charge in [-0.05, 0) is 0 Å². The Labute approximate surface area is 165 Å². The van der Waals surface area contributed by atoms with Crippen molar-refractivity contribution in [3.8, 4) is 0 Å². The van der Waals surface area contributed by atoms with Crippen LogP contribution < -0.4 is 0 Å². The van der Waals surface area contributed by atoms with Crippen LogP contribution in [0.3, 0.4) is 0 Å². The summed E-state index contributed by atoms with van der Waals surface area (Å²) in [5, 5.41) is 0. The molecule has 0 aliphatic heterocycles. The van der Waals surface area contributed by atoms with E-state index in [1.165, 1.54) is 0 Å². The van der Waals surface area contributed by atoms with Gasteiger partial charge in [-0.15, -0.1) is 0 Å². The normalized spacial score (nSPS) is 6.10.